The predicted molar refractivity (Wildman–Crippen MR) is 436 cm³/mol. The number of aliphatic hydroxyl groups is 1. The first-order valence-corrected chi connectivity index (χ1v) is 43.4. The van der Waals surface area contributed by atoms with E-state index < -0.39 is 97.5 Å². The minimum atomic E-state index is -5.00. The van der Waals surface area contributed by atoms with Gasteiger partial charge in [-0.2, -0.15) is 0 Å². The summed E-state index contributed by atoms with van der Waals surface area (Å²) in [5.74, 6) is -2.32. The number of carbonyl (C=O) groups is 4. The molecule has 19 heteroatoms. The summed E-state index contributed by atoms with van der Waals surface area (Å²) in [7, 11) is -10.0. The number of rotatable bonds is 74. The third kappa shape index (κ3) is 76.6. The molecule has 0 aliphatic heterocycles. The largest absolute Gasteiger partial charge is 0.472 e. The third-order valence-electron chi connectivity index (χ3n) is 16.2. The molecule has 0 aromatic rings. The molecule has 0 saturated heterocycles. The Balaban J connectivity index is 5.48. The maximum Gasteiger partial charge on any atom is 0.472 e. The Hall–Kier alpha value is -5.58. The van der Waals surface area contributed by atoms with E-state index in [1.165, 1.54) is 38.5 Å². The average Bonchev–Trinajstić information content (AvgIpc) is 0.909. The van der Waals surface area contributed by atoms with Gasteiger partial charge in [-0.1, -0.05) is 275 Å². The van der Waals surface area contributed by atoms with Crippen molar-refractivity contribution in [2.75, 3.05) is 39.6 Å². The van der Waals surface area contributed by atoms with Gasteiger partial charge < -0.3 is 33.8 Å². The number of allylic oxidation sites excluding steroid dienone is 28. The highest BCUT2D eigenvalue weighted by Gasteiger charge is 2.30. The van der Waals surface area contributed by atoms with E-state index >= 15 is 0 Å². The van der Waals surface area contributed by atoms with Gasteiger partial charge in [-0.25, -0.2) is 9.13 Å². The number of unbranched alkanes of at least 4 members (excludes halogenated alkanes) is 20. The summed E-state index contributed by atoms with van der Waals surface area (Å²) in [6, 6.07) is 0. The lowest BCUT2D eigenvalue weighted by Crippen LogP contribution is -2.30. The summed E-state index contributed by atoms with van der Waals surface area (Å²) < 4.78 is 68.6. The topological polar surface area (TPSA) is 237 Å². The summed E-state index contributed by atoms with van der Waals surface area (Å²) in [5.41, 5.74) is 0. The summed E-state index contributed by atoms with van der Waals surface area (Å²) >= 11 is 0. The molecule has 0 spiro atoms. The summed E-state index contributed by atoms with van der Waals surface area (Å²) in [4.78, 5) is 73.1. The van der Waals surface area contributed by atoms with Gasteiger partial charge in [0.2, 0.25) is 0 Å². The molecule has 0 saturated carbocycles. The highest BCUT2D eigenvalue weighted by molar-refractivity contribution is 7.47. The standard InChI is InChI=1S/C87H142O17P2/c1-5-9-13-17-21-25-29-33-37-39-40-42-46-48-52-56-60-64-68-72-85(90)98-78-83(104-87(92)74-70-66-62-58-54-50-44-36-32-28-24-20-16-12-8-4)80-102-106(95,96)100-76-81(88)75-99-105(93,94)101-79-82(103-86(91)73-69-65-61-57-53-49-43-35-31-27-23-19-15-11-7-3)77-97-84(89)71-67-63-59-55-51-47-45-41-38-34-30-26-22-18-14-10-6-2/h9-10,12-14,16,21-22,24-26,28,33-38,40,42-45,47-48,52,55,59,81-83,88H,5-8,11,15,17-20,23,27,29-32,39,41,46,49-51,53-54,56-58,60-80H2,1-4H3,(H,93,94)(H,95,96)/b13-9-,14-10-,16-12-,25-21-,26-22-,28-24-,37-33-,38-34-,42-40-,43-35-,44-36-,47-45-,52-48-,59-55-. The van der Waals surface area contributed by atoms with Gasteiger partial charge in [0, 0.05) is 25.7 Å². The van der Waals surface area contributed by atoms with Gasteiger partial charge in [0.05, 0.1) is 26.4 Å². The highest BCUT2D eigenvalue weighted by Crippen LogP contribution is 2.45. The fraction of sp³-hybridized carbons (Fsp3) is 0.632. The third-order valence-corrected chi connectivity index (χ3v) is 18.1. The lowest BCUT2D eigenvalue weighted by molar-refractivity contribution is -0.161. The molecule has 602 valence electrons. The zero-order valence-electron chi connectivity index (χ0n) is 65.8. The predicted octanol–water partition coefficient (Wildman–Crippen LogP) is 23.8. The van der Waals surface area contributed by atoms with Crippen molar-refractivity contribution in [3.05, 3.63) is 170 Å². The van der Waals surface area contributed by atoms with Crippen molar-refractivity contribution in [3.63, 3.8) is 0 Å². The summed E-state index contributed by atoms with van der Waals surface area (Å²) in [6.45, 7) is 4.39. The number of esters is 4. The molecule has 0 fully saturated rings. The Morgan fingerprint density at radius 3 is 0.811 bits per heavy atom. The van der Waals surface area contributed by atoms with Crippen molar-refractivity contribution in [2.45, 2.75) is 316 Å². The van der Waals surface area contributed by atoms with Crippen LogP contribution in [0.2, 0.25) is 0 Å². The van der Waals surface area contributed by atoms with E-state index in [2.05, 4.69) is 186 Å². The molecule has 0 heterocycles. The Morgan fingerprint density at radius 1 is 0.274 bits per heavy atom. The number of phosphoric ester groups is 2. The van der Waals surface area contributed by atoms with E-state index in [0.717, 1.165) is 173 Å². The zero-order chi connectivity index (χ0) is 77.4. The maximum absolute atomic E-state index is 13.1. The second-order valence-electron chi connectivity index (χ2n) is 26.2. The molecule has 0 bridgehead atoms. The van der Waals surface area contributed by atoms with Crippen LogP contribution in [0.3, 0.4) is 0 Å². The van der Waals surface area contributed by atoms with Crippen LogP contribution in [0.5, 0.6) is 0 Å². The SMILES string of the molecule is CC/C=C\C/C=C\C/C=C\C/C=C\C/C=C\CCCCCC(=O)OCC(COP(=O)(O)OCC(O)COP(=O)(O)OCC(COC(=O)CCC/C=C\C/C=C\C/C=C\C/C=C\C/C=C\CC)OC(=O)CCCCCCC/C=C\CCCCCCCC)OC(=O)CCCCCCC/C=C\C/C=C\C/C=C\CC. The maximum atomic E-state index is 13.1. The van der Waals surface area contributed by atoms with Crippen LogP contribution in [0.25, 0.3) is 0 Å². The smallest absolute Gasteiger partial charge is 0.462 e. The van der Waals surface area contributed by atoms with Crippen LogP contribution in [0.15, 0.2) is 170 Å². The lowest BCUT2D eigenvalue weighted by Gasteiger charge is -2.21. The first kappa shape index (κ1) is 100. The number of hydrogen-bond acceptors (Lipinski definition) is 15. The molecule has 3 N–H and O–H groups in total. The molecule has 5 unspecified atom stereocenters. The first-order valence-electron chi connectivity index (χ1n) is 40.4. The molecule has 0 rings (SSSR count). The Labute approximate surface area is 642 Å². The Morgan fingerprint density at radius 2 is 0.500 bits per heavy atom. The fourth-order valence-electron chi connectivity index (χ4n) is 10.1. The quantitative estimate of drug-likeness (QED) is 0.0169. The number of hydrogen-bond donors (Lipinski definition) is 3. The van der Waals surface area contributed by atoms with Gasteiger partial charge in [0.15, 0.2) is 12.2 Å². The van der Waals surface area contributed by atoms with Gasteiger partial charge in [-0.15, -0.1) is 0 Å². The lowest BCUT2D eigenvalue weighted by atomic mass is 10.1. The van der Waals surface area contributed by atoms with E-state index in [1.54, 1.807) is 0 Å². The van der Waals surface area contributed by atoms with Gasteiger partial charge in [0.1, 0.15) is 19.3 Å². The molecule has 0 aromatic heterocycles. The van der Waals surface area contributed by atoms with Gasteiger partial charge in [-0.3, -0.25) is 37.3 Å². The number of phosphoric acid groups is 2. The van der Waals surface area contributed by atoms with Crippen molar-refractivity contribution in [2.24, 2.45) is 0 Å². The van der Waals surface area contributed by atoms with Crippen molar-refractivity contribution >= 4 is 39.5 Å². The van der Waals surface area contributed by atoms with E-state index in [9.17, 15) is 43.2 Å². The second-order valence-corrected chi connectivity index (χ2v) is 29.1. The second kappa shape index (κ2) is 77.6. The minimum Gasteiger partial charge on any atom is -0.462 e. The molecule has 106 heavy (non-hydrogen) atoms. The minimum absolute atomic E-state index is 0.0603. The molecule has 17 nitrogen and oxygen atoms in total. The molecule has 0 aromatic carbocycles. The van der Waals surface area contributed by atoms with Crippen LogP contribution < -0.4 is 0 Å². The van der Waals surface area contributed by atoms with Crippen LogP contribution in [-0.2, 0) is 65.4 Å². The zero-order valence-corrected chi connectivity index (χ0v) is 67.6. The van der Waals surface area contributed by atoms with Crippen molar-refractivity contribution in [1.29, 1.82) is 0 Å². The van der Waals surface area contributed by atoms with E-state index in [1.807, 2.05) is 12.2 Å². The molecule has 0 radical (unpaired) electrons. The van der Waals surface area contributed by atoms with Crippen LogP contribution in [-0.4, -0.2) is 96.7 Å². The van der Waals surface area contributed by atoms with E-state index in [-0.39, 0.29) is 25.7 Å². The fourth-order valence-corrected chi connectivity index (χ4v) is 11.7. The monoisotopic (exact) mass is 1520 g/mol. The van der Waals surface area contributed by atoms with Crippen LogP contribution in [0, 0.1) is 0 Å². The van der Waals surface area contributed by atoms with Gasteiger partial charge >= 0.3 is 39.5 Å². The van der Waals surface area contributed by atoms with Crippen molar-refractivity contribution < 1.29 is 80.2 Å². The van der Waals surface area contributed by atoms with E-state index in [0.29, 0.717) is 32.1 Å². The molecular weight excluding hydrogens is 1380 g/mol. The van der Waals surface area contributed by atoms with Crippen LogP contribution in [0.1, 0.15) is 297 Å². The van der Waals surface area contributed by atoms with Crippen molar-refractivity contribution in [3.8, 4) is 0 Å². The molecule has 5 atom stereocenters. The first-order chi connectivity index (χ1) is 51.7. The molecule has 0 aliphatic carbocycles. The van der Waals surface area contributed by atoms with Gasteiger partial charge in [0.25, 0.3) is 0 Å². The van der Waals surface area contributed by atoms with Crippen LogP contribution in [0.4, 0.5) is 0 Å². The number of aliphatic hydroxyl groups excluding tert-OH is 1. The average molecular weight is 1520 g/mol. The summed E-state index contributed by atoms with van der Waals surface area (Å²) in [6.07, 6.45) is 91.9. The number of ether oxygens (including phenoxy) is 4. The molecular formula is C87H142O17P2. The normalized spacial score (nSPS) is 14.7. The molecule has 0 aliphatic rings. The molecule has 0 amide bonds. The van der Waals surface area contributed by atoms with Gasteiger partial charge in [-0.05, 0) is 167 Å². The Bertz CT molecular complexity index is 2680. The van der Waals surface area contributed by atoms with Crippen molar-refractivity contribution in [1.82, 2.24) is 0 Å². The van der Waals surface area contributed by atoms with Crippen LogP contribution >= 0.6 is 15.6 Å². The number of carbonyl (C=O) groups excluding carboxylic acids is 4. The van der Waals surface area contributed by atoms with E-state index in [4.69, 9.17) is 37.0 Å². The Kier molecular flexibility index (Phi) is 73.5. The summed E-state index contributed by atoms with van der Waals surface area (Å²) in [5, 5.41) is 10.6. The highest BCUT2D eigenvalue weighted by atomic mass is 31.2.